The first kappa shape index (κ1) is 14.7. The van der Waals surface area contributed by atoms with Crippen molar-refractivity contribution >= 4 is 22.2 Å². The molecule has 0 N–H and O–H groups in total. The summed E-state index contributed by atoms with van der Waals surface area (Å²) < 4.78 is 8.53. The fourth-order valence-electron chi connectivity index (χ4n) is 1.92. The topological polar surface area (TPSA) is 57.0 Å². The summed E-state index contributed by atoms with van der Waals surface area (Å²) in [6, 6.07) is 3.58. The number of pyridine rings is 1. The van der Waals surface area contributed by atoms with Gasteiger partial charge in [0.05, 0.1) is 15.9 Å². The molecule has 0 amide bonds. The summed E-state index contributed by atoms with van der Waals surface area (Å²) in [5, 5.41) is 4.40. The first-order chi connectivity index (χ1) is 9.56. The number of halogens is 1. The second-order valence-electron chi connectivity index (χ2n) is 4.40. The molecule has 0 radical (unpaired) electrons. The van der Waals surface area contributed by atoms with Gasteiger partial charge in [0, 0.05) is 12.2 Å². The third kappa shape index (κ3) is 2.90. The van der Waals surface area contributed by atoms with Crippen molar-refractivity contribution in [3.63, 3.8) is 0 Å². The zero-order chi connectivity index (χ0) is 14.7. The molecule has 0 unspecified atom stereocenters. The van der Waals surface area contributed by atoms with Gasteiger partial charge in [0.2, 0.25) is 0 Å². The summed E-state index contributed by atoms with van der Waals surface area (Å²) >= 11 is 3.51. The molecule has 0 aliphatic heterocycles. The van der Waals surface area contributed by atoms with Crippen molar-refractivity contribution < 1.29 is 9.53 Å². The Morgan fingerprint density at radius 1 is 1.40 bits per heavy atom. The number of ether oxygens (including phenoxy) is 1. The van der Waals surface area contributed by atoms with Gasteiger partial charge >= 0.3 is 0 Å². The SMILES string of the molecule is CCn1nc(C)c(Br)c1COc1ccc(C)nc1C=O. The Kier molecular flexibility index (Phi) is 4.54. The van der Waals surface area contributed by atoms with Crippen LogP contribution in [0, 0.1) is 13.8 Å². The number of rotatable bonds is 5. The quantitative estimate of drug-likeness (QED) is 0.786. The van der Waals surface area contributed by atoms with Crippen LogP contribution in [0.5, 0.6) is 5.75 Å². The van der Waals surface area contributed by atoms with E-state index in [2.05, 4.69) is 26.0 Å². The number of hydrogen-bond acceptors (Lipinski definition) is 4. The van der Waals surface area contributed by atoms with Crippen LogP contribution in [0.2, 0.25) is 0 Å². The average molecular weight is 338 g/mol. The number of aldehydes is 1. The van der Waals surface area contributed by atoms with Crippen LogP contribution in [0.25, 0.3) is 0 Å². The molecule has 2 rings (SSSR count). The van der Waals surface area contributed by atoms with Crippen LogP contribution in [0.1, 0.15) is 34.5 Å². The summed E-state index contributed by atoms with van der Waals surface area (Å²) in [5.74, 6) is 0.485. The van der Waals surface area contributed by atoms with Crippen LogP contribution < -0.4 is 4.74 Å². The number of nitrogens with zero attached hydrogens (tertiary/aromatic N) is 3. The third-order valence-corrected chi connectivity index (χ3v) is 3.99. The summed E-state index contributed by atoms with van der Waals surface area (Å²) in [4.78, 5) is 15.2. The molecule has 0 aromatic carbocycles. The predicted molar refractivity (Wildman–Crippen MR) is 79.0 cm³/mol. The molecule has 0 saturated carbocycles. The summed E-state index contributed by atoms with van der Waals surface area (Å²) in [5.41, 5.74) is 2.97. The molecule has 0 spiro atoms. The van der Waals surface area contributed by atoms with Gasteiger partial charge in [0.15, 0.2) is 6.29 Å². The monoisotopic (exact) mass is 337 g/mol. The molecule has 2 heterocycles. The lowest BCUT2D eigenvalue weighted by atomic mass is 10.3. The van der Waals surface area contributed by atoms with E-state index in [1.807, 2.05) is 31.5 Å². The van der Waals surface area contributed by atoms with Crippen LogP contribution >= 0.6 is 15.9 Å². The molecular formula is C14H16BrN3O2. The third-order valence-electron chi connectivity index (χ3n) is 2.95. The van der Waals surface area contributed by atoms with Gasteiger partial charge < -0.3 is 4.74 Å². The highest BCUT2D eigenvalue weighted by Crippen LogP contribution is 2.23. The van der Waals surface area contributed by atoms with Crippen molar-refractivity contribution in [1.29, 1.82) is 0 Å². The van der Waals surface area contributed by atoms with Gasteiger partial charge in [-0.25, -0.2) is 4.98 Å². The zero-order valence-corrected chi connectivity index (χ0v) is 13.3. The summed E-state index contributed by atoms with van der Waals surface area (Å²) in [6.45, 7) is 6.89. The van der Waals surface area contributed by atoms with Crippen molar-refractivity contribution in [1.82, 2.24) is 14.8 Å². The molecule has 0 fully saturated rings. The predicted octanol–water partition coefficient (Wildman–Crippen LogP) is 3.07. The number of aromatic nitrogens is 3. The Hall–Kier alpha value is -1.69. The fourth-order valence-corrected chi connectivity index (χ4v) is 2.32. The van der Waals surface area contributed by atoms with E-state index >= 15 is 0 Å². The van der Waals surface area contributed by atoms with Crippen molar-refractivity contribution in [2.75, 3.05) is 0 Å². The smallest absolute Gasteiger partial charge is 0.172 e. The number of hydrogen-bond donors (Lipinski definition) is 0. The molecule has 0 atom stereocenters. The van der Waals surface area contributed by atoms with Crippen LogP contribution in [-0.2, 0) is 13.2 Å². The molecule has 0 aliphatic carbocycles. The Labute approximate surface area is 126 Å². The van der Waals surface area contributed by atoms with Gasteiger partial charge in [-0.3, -0.25) is 9.48 Å². The molecule has 5 nitrogen and oxygen atoms in total. The largest absolute Gasteiger partial charge is 0.485 e. The Balaban J connectivity index is 2.23. The maximum atomic E-state index is 11.0. The lowest BCUT2D eigenvalue weighted by Gasteiger charge is -2.10. The Morgan fingerprint density at radius 3 is 2.80 bits per heavy atom. The number of carbonyl (C=O) groups excluding carboxylic acids is 1. The standard InChI is InChI=1S/C14H16BrN3O2/c1-4-18-12(14(15)10(3)17-18)8-20-13-6-5-9(2)16-11(13)7-19/h5-7H,4,8H2,1-3H3. The van der Waals surface area contributed by atoms with Gasteiger partial charge in [-0.15, -0.1) is 0 Å². The van der Waals surface area contributed by atoms with Crippen LogP contribution in [0.3, 0.4) is 0 Å². The highest BCUT2D eigenvalue weighted by atomic mass is 79.9. The van der Waals surface area contributed by atoms with E-state index in [4.69, 9.17) is 4.74 Å². The molecule has 6 heteroatoms. The first-order valence-corrected chi connectivity index (χ1v) is 7.13. The second kappa shape index (κ2) is 6.17. The first-order valence-electron chi connectivity index (χ1n) is 6.34. The average Bonchev–Trinajstić information content (AvgIpc) is 2.72. The van der Waals surface area contributed by atoms with Crippen LogP contribution in [0.4, 0.5) is 0 Å². The molecule has 0 saturated heterocycles. The van der Waals surface area contributed by atoms with Crippen molar-refractivity contribution in [2.45, 2.75) is 33.9 Å². The van der Waals surface area contributed by atoms with Gasteiger partial charge in [-0.2, -0.15) is 5.10 Å². The maximum absolute atomic E-state index is 11.0. The van der Waals surface area contributed by atoms with E-state index in [1.54, 1.807) is 6.07 Å². The zero-order valence-electron chi connectivity index (χ0n) is 11.7. The van der Waals surface area contributed by atoms with E-state index < -0.39 is 0 Å². The minimum atomic E-state index is 0.320. The second-order valence-corrected chi connectivity index (χ2v) is 5.20. The Morgan fingerprint density at radius 2 is 2.15 bits per heavy atom. The Bertz CT molecular complexity index is 638. The van der Waals surface area contributed by atoms with Gasteiger partial charge in [-0.05, 0) is 48.8 Å². The van der Waals surface area contributed by atoms with Crippen LogP contribution in [0.15, 0.2) is 16.6 Å². The van der Waals surface area contributed by atoms with Crippen molar-refractivity contribution in [2.24, 2.45) is 0 Å². The summed E-state index contributed by atoms with van der Waals surface area (Å²) in [6.07, 6.45) is 0.708. The molecule has 0 bridgehead atoms. The van der Waals surface area contributed by atoms with E-state index in [1.165, 1.54) is 0 Å². The van der Waals surface area contributed by atoms with E-state index in [9.17, 15) is 4.79 Å². The number of carbonyl (C=O) groups is 1. The van der Waals surface area contributed by atoms with E-state index in [0.717, 1.165) is 28.1 Å². The van der Waals surface area contributed by atoms with Gasteiger partial charge in [0.1, 0.15) is 18.1 Å². The number of aryl methyl sites for hydroxylation is 3. The van der Waals surface area contributed by atoms with Crippen molar-refractivity contribution in [3.05, 3.63) is 39.4 Å². The molecule has 0 aliphatic rings. The fraction of sp³-hybridized carbons (Fsp3) is 0.357. The maximum Gasteiger partial charge on any atom is 0.172 e. The highest BCUT2D eigenvalue weighted by Gasteiger charge is 2.14. The van der Waals surface area contributed by atoms with Gasteiger partial charge in [0.25, 0.3) is 0 Å². The van der Waals surface area contributed by atoms with Crippen molar-refractivity contribution in [3.8, 4) is 5.75 Å². The van der Waals surface area contributed by atoms with E-state index in [0.29, 0.717) is 24.3 Å². The van der Waals surface area contributed by atoms with E-state index in [-0.39, 0.29) is 0 Å². The molecule has 2 aromatic rings. The minimum Gasteiger partial charge on any atom is -0.485 e. The molecule has 2 aromatic heterocycles. The minimum absolute atomic E-state index is 0.320. The molecule has 106 valence electrons. The lowest BCUT2D eigenvalue weighted by molar-refractivity contribution is 0.111. The molecule has 20 heavy (non-hydrogen) atoms. The summed E-state index contributed by atoms with van der Waals surface area (Å²) in [7, 11) is 0. The lowest BCUT2D eigenvalue weighted by Crippen LogP contribution is -2.08. The highest BCUT2D eigenvalue weighted by molar-refractivity contribution is 9.10. The van der Waals surface area contributed by atoms with Crippen LogP contribution in [-0.4, -0.2) is 21.1 Å². The van der Waals surface area contributed by atoms with Gasteiger partial charge in [-0.1, -0.05) is 0 Å². The normalized spacial score (nSPS) is 10.6. The molecular weight excluding hydrogens is 322 g/mol.